The normalized spacial score (nSPS) is 12.4. The van der Waals surface area contributed by atoms with E-state index >= 15 is 0 Å². The second kappa shape index (κ2) is 15.1. The van der Waals surface area contributed by atoms with Crippen LogP contribution in [-0.2, 0) is 0 Å². The maximum atomic E-state index is 4.35. The third kappa shape index (κ3) is 15.1. The van der Waals surface area contributed by atoms with E-state index < -0.39 is 0 Å². The van der Waals surface area contributed by atoms with Gasteiger partial charge in [0, 0.05) is 31.9 Å². The van der Waals surface area contributed by atoms with Crippen LogP contribution in [-0.4, -0.2) is 25.5 Å². The first-order chi connectivity index (χ1) is 8.41. The highest BCUT2D eigenvalue weighted by Crippen LogP contribution is 1.94. The molecule has 0 radical (unpaired) electrons. The molecule has 0 N–H and O–H groups in total. The lowest BCUT2D eigenvalue weighted by Crippen LogP contribution is -1.82. The molecule has 0 aromatic rings. The summed E-state index contributed by atoms with van der Waals surface area (Å²) < 4.78 is 0. The van der Waals surface area contributed by atoms with Gasteiger partial charge in [0.1, 0.15) is 0 Å². The van der Waals surface area contributed by atoms with Gasteiger partial charge in [-0.1, -0.05) is 45.6 Å². The molecule has 0 rings (SSSR count). The van der Waals surface area contributed by atoms with Gasteiger partial charge in [0.25, 0.3) is 0 Å². The van der Waals surface area contributed by atoms with Crippen molar-refractivity contribution in [3.05, 3.63) is 12.2 Å². The van der Waals surface area contributed by atoms with Crippen LogP contribution in [0.5, 0.6) is 0 Å². The number of nitrogens with zero attached hydrogens (tertiary/aromatic N) is 2. The molecule has 0 spiro atoms. The molecule has 0 aliphatic heterocycles. The summed E-state index contributed by atoms with van der Waals surface area (Å²) in [4.78, 5) is 8.66. The summed E-state index contributed by atoms with van der Waals surface area (Å²) in [6.07, 6.45) is 16.5. The van der Waals surface area contributed by atoms with Gasteiger partial charge < -0.3 is 0 Å². The van der Waals surface area contributed by atoms with Crippen molar-refractivity contribution in [2.45, 2.75) is 58.8 Å². The monoisotopic (exact) mass is 236 g/mol. The molecule has 0 bridgehead atoms. The first-order valence-corrected chi connectivity index (χ1v) is 7.05. The minimum absolute atomic E-state index is 0.924. The topological polar surface area (TPSA) is 24.7 Å². The van der Waals surface area contributed by atoms with E-state index in [-0.39, 0.29) is 0 Å². The van der Waals surface area contributed by atoms with E-state index in [4.69, 9.17) is 0 Å². The lowest BCUT2D eigenvalue weighted by Gasteiger charge is -1.91. The van der Waals surface area contributed by atoms with Crippen LogP contribution in [0.4, 0.5) is 0 Å². The van der Waals surface area contributed by atoms with Crippen LogP contribution >= 0.6 is 0 Å². The summed E-state index contributed by atoms with van der Waals surface area (Å²) in [5.74, 6) is 0. The van der Waals surface area contributed by atoms with Crippen LogP contribution in [0.2, 0.25) is 0 Å². The predicted molar refractivity (Wildman–Crippen MR) is 79.5 cm³/mol. The van der Waals surface area contributed by atoms with E-state index in [0.29, 0.717) is 0 Å². The average Bonchev–Trinajstić information content (AvgIpc) is 2.35. The summed E-state index contributed by atoms with van der Waals surface area (Å²) in [6, 6.07) is 0. The molecule has 0 aromatic heterocycles. The van der Waals surface area contributed by atoms with Gasteiger partial charge >= 0.3 is 0 Å². The van der Waals surface area contributed by atoms with Gasteiger partial charge in [-0.25, -0.2) is 0 Å². The maximum Gasteiger partial charge on any atom is 0.0389 e. The van der Waals surface area contributed by atoms with Crippen molar-refractivity contribution < 1.29 is 0 Å². The Hall–Kier alpha value is -0.920. The zero-order valence-electron chi connectivity index (χ0n) is 11.6. The third-order valence-corrected chi connectivity index (χ3v) is 2.48. The smallest absolute Gasteiger partial charge is 0.0389 e. The first kappa shape index (κ1) is 16.1. The van der Waals surface area contributed by atoms with E-state index in [0.717, 1.165) is 19.5 Å². The molecule has 0 amide bonds. The third-order valence-electron chi connectivity index (χ3n) is 2.48. The fourth-order valence-electron chi connectivity index (χ4n) is 1.41. The minimum atomic E-state index is 0.924. The zero-order chi connectivity index (χ0) is 12.6. The Labute approximate surface area is 107 Å². The molecule has 0 atom stereocenters. The van der Waals surface area contributed by atoms with Crippen molar-refractivity contribution in [1.29, 1.82) is 0 Å². The molecule has 0 heterocycles. The Kier molecular flexibility index (Phi) is 14.3. The van der Waals surface area contributed by atoms with Gasteiger partial charge in [-0.3, -0.25) is 9.98 Å². The van der Waals surface area contributed by atoms with E-state index in [2.05, 4.69) is 29.9 Å². The Balaban J connectivity index is 3.29. The van der Waals surface area contributed by atoms with Gasteiger partial charge in [-0.2, -0.15) is 0 Å². The molecule has 2 heteroatoms. The van der Waals surface area contributed by atoms with Crippen molar-refractivity contribution >= 4 is 12.4 Å². The van der Waals surface area contributed by atoms with Crippen LogP contribution in [0.3, 0.4) is 0 Å². The Morgan fingerprint density at radius 3 is 2.12 bits per heavy atom. The highest BCUT2D eigenvalue weighted by atomic mass is 14.7. The van der Waals surface area contributed by atoms with Crippen molar-refractivity contribution in [3.8, 4) is 0 Å². The van der Waals surface area contributed by atoms with E-state index in [1.807, 2.05) is 18.5 Å². The predicted octanol–water partition coefficient (Wildman–Crippen LogP) is 4.45. The number of hydrogen-bond donors (Lipinski definition) is 0. The lowest BCUT2D eigenvalue weighted by molar-refractivity contribution is 0.729. The van der Waals surface area contributed by atoms with Gasteiger partial charge in [-0.05, 0) is 18.9 Å². The molecule has 98 valence electrons. The molecule has 0 fully saturated rings. The van der Waals surface area contributed by atoms with Gasteiger partial charge in [0.05, 0.1) is 0 Å². The molecule has 0 aliphatic rings. The van der Waals surface area contributed by atoms with E-state index in [1.165, 1.54) is 38.5 Å². The van der Waals surface area contributed by atoms with Crippen LogP contribution in [0.25, 0.3) is 0 Å². The molecular formula is C15H28N2. The molecule has 0 unspecified atom stereocenters. The summed E-state index contributed by atoms with van der Waals surface area (Å²) in [5.41, 5.74) is 0. The van der Waals surface area contributed by atoms with Crippen molar-refractivity contribution in [3.63, 3.8) is 0 Å². The number of allylic oxidation sites excluding steroid dienone is 2. The number of unbranched alkanes of at least 4 members (excludes halogenated alkanes) is 4. The fraction of sp³-hybridized carbons (Fsp3) is 0.733. The lowest BCUT2D eigenvalue weighted by atomic mass is 10.2. The van der Waals surface area contributed by atoms with Crippen molar-refractivity contribution in [2.75, 3.05) is 13.1 Å². The fourth-order valence-corrected chi connectivity index (χ4v) is 1.41. The van der Waals surface area contributed by atoms with E-state index in [9.17, 15) is 0 Å². The van der Waals surface area contributed by atoms with Crippen molar-refractivity contribution in [2.24, 2.45) is 9.98 Å². The standard InChI is InChI=1S/C15H28N2/c1-3-5-8-12-16-14-10-7-11-15-17-13-9-6-4-2/h7,10,14-15H,3-6,8-9,11-13H2,1-2H3/b10-7+,16-14+,17-15+. The Morgan fingerprint density at radius 2 is 1.47 bits per heavy atom. The largest absolute Gasteiger partial charge is 0.297 e. The van der Waals surface area contributed by atoms with Crippen LogP contribution in [0, 0.1) is 0 Å². The van der Waals surface area contributed by atoms with Gasteiger partial charge in [0.2, 0.25) is 0 Å². The molecular weight excluding hydrogens is 208 g/mol. The molecule has 0 saturated heterocycles. The first-order valence-electron chi connectivity index (χ1n) is 7.05. The SMILES string of the molecule is CCCCC/N=C/C=C/C/C=N/CCCCC. The molecule has 0 aliphatic carbocycles. The highest BCUT2D eigenvalue weighted by molar-refractivity contribution is 5.72. The maximum absolute atomic E-state index is 4.35. The molecule has 2 nitrogen and oxygen atoms in total. The zero-order valence-corrected chi connectivity index (χ0v) is 11.6. The van der Waals surface area contributed by atoms with Crippen molar-refractivity contribution in [1.82, 2.24) is 0 Å². The summed E-state index contributed by atoms with van der Waals surface area (Å²) >= 11 is 0. The quantitative estimate of drug-likeness (QED) is 0.374. The van der Waals surface area contributed by atoms with E-state index in [1.54, 1.807) is 0 Å². The Morgan fingerprint density at radius 1 is 0.824 bits per heavy atom. The highest BCUT2D eigenvalue weighted by Gasteiger charge is 1.81. The molecule has 17 heavy (non-hydrogen) atoms. The number of rotatable bonds is 11. The summed E-state index contributed by atoms with van der Waals surface area (Å²) in [7, 11) is 0. The van der Waals surface area contributed by atoms with Crippen LogP contribution < -0.4 is 0 Å². The minimum Gasteiger partial charge on any atom is -0.297 e. The second-order valence-electron chi connectivity index (χ2n) is 4.22. The molecule has 0 aromatic carbocycles. The average molecular weight is 236 g/mol. The summed E-state index contributed by atoms with van der Waals surface area (Å²) in [6.45, 7) is 6.37. The van der Waals surface area contributed by atoms with Gasteiger partial charge in [0.15, 0.2) is 0 Å². The van der Waals surface area contributed by atoms with Crippen LogP contribution in [0.1, 0.15) is 58.8 Å². The second-order valence-corrected chi connectivity index (χ2v) is 4.22. The molecule has 0 saturated carbocycles. The van der Waals surface area contributed by atoms with Crippen LogP contribution in [0.15, 0.2) is 22.1 Å². The number of hydrogen-bond acceptors (Lipinski definition) is 2. The summed E-state index contributed by atoms with van der Waals surface area (Å²) in [5, 5.41) is 0. The Bertz CT molecular complexity index is 217. The number of aliphatic imine (C=N–C) groups is 2. The van der Waals surface area contributed by atoms with Gasteiger partial charge in [-0.15, -0.1) is 0 Å².